The van der Waals surface area contributed by atoms with Gasteiger partial charge in [-0.3, -0.25) is 0 Å². The molecule has 35 heavy (non-hydrogen) atoms. The summed E-state index contributed by atoms with van der Waals surface area (Å²) in [5.74, 6) is 0. The molecule has 6 rings (SSSR count). The van der Waals surface area contributed by atoms with Gasteiger partial charge in [0.2, 0.25) is 0 Å². The Balaban J connectivity index is 1.41. The van der Waals surface area contributed by atoms with Crippen LogP contribution in [0.25, 0.3) is 33.0 Å². The van der Waals surface area contributed by atoms with Crippen molar-refractivity contribution < 1.29 is 0 Å². The van der Waals surface area contributed by atoms with Crippen LogP contribution in [0.4, 0.5) is 17.1 Å². The monoisotopic (exact) mass is 447 g/mol. The maximum atomic E-state index is 2.33. The van der Waals surface area contributed by atoms with Crippen LogP contribution in [0, 0.1) is 0 Å². The predicted octanol–water partition coefficient (Wildman–Crippen LogP) is 9.64. The van der Waals surface area contributed by atoms with E-state index in [1.165, 1.54) is 33.0 Å². The molecule has 0 radical (unpaired) electrons. The Hall–Kier alpha value is -4.62. The van der Waals surface area contributed by atoms with Crippen LogP contribution in [0.1, 0.15) is 0 Å². The number of nitrogens with zero attached hydrogens (tertiary/aromatic N) is 1. The lowest BCUT2D eigenvalue weighted by Gasteiger charge is -2.26. The zero-order valence-corrected chi connectivity index (χ0v) is 19.4. The number of hydrogen-bond acceptors (Lipinski definition) is 1. The average molecular weight is 448 g/mol. The van der Waals surface area contributed by atoms with Crippen molar-refractivity contribution >= 4 is 27.8 Å². The fourth-order valence-corrected chi connectivity index (χ4v) is 4.65. The van der Waals surface area contributed by atoms with Gasteiger partial charge in [0.25, 0.3) is 0 Å². The first-order chi connectivity index (χ1) is 17.3. The largest absolute Gasteiger partial charge is 0.310 e. The van der Waals surface area contributed by atoms with Gasteiger partial charge < -0.3 is 4.90 Å². The second kappa shape index (κ2) is 9.32. The average Bonchev–Trinajstić information content (AvgIpc) is 2.94. The Kier molecular flexibility index (Phi) is 5.58. The maximum absolute atomic E-state index is 2.33. The molecule has 0 aliphatic carbocycles. The third-order valence-electron chi connectivity index (χ3n) is 6.44. The summed E-state index contributed by atoms with van der Waals surface area (Å²) in [6, 6.07) is 53.9. The molecule has 166 valence electrons. The second-order valence-corrected chi connectivity index (χ2v) is 8.70. The van der Waals surface area contributed by atoms with Crippen molar-refractivity contribution in [2.45, 2.75) is 0 Å². The van der Waals surface area contributed by atoms with E-state index in [1.807, 2.05) is 0 Å². The molecule has 0 unspecified atom stereocenters. The lowest BCUT2D eigenvalue weighted by Crippen LogP contribution is -2.09. The first-order valence-electron chi connectivity index (χ1n) is 12.0. The smallest absolute Gasteiger partial charge is 0.0468 e. The molecule has 0 aromatic heterocycles. The highest BCUT2D eigenvalue weighted by molar-refractivity contribution is 5.89. The summed E-state index contributed by atoms with van der Waals surface area (Å²) in [5.41, 5.74) is 8.29. The molecule has 1 heteroatoms. The molecule has 0 heterocycles. The highest BCUT2D eigenvalue weighted by atomic mass is 15.1. The van der Waals surface area contributed by atoms with Crippen molar-refractivity contribution in [2.75, 3.05) is 4.90 Å². The van der Waals surface area contributed by atoms with Gasteiger partial charge in [0.1, 0.15) is 0 Å². The van der Waals surface area contributed by atoms with Crippen molar-refractivity contribution in [3.63, 3.8) is 0 Å². The zero-order chi connectivity index (χ0) is 23.5. The minimum absolute atomic E-state index is 1.14. The molecule has 1 nitrogen and oxygen atoms in total. The quantitative estimate of drug-likeness (QED) is 0.254. The van der Waals surface area contributed by atoms with Crippen LogP contribution in [0.3, 0.4) is 0 Å². The summed E-state index contributed by atoms with van der Waals surface area (Å²) in [7, 11) is 0. The second-order valence-electron chi connectivity index (χ2n) is 8.70. The topological polar surface area (TPSA) is 3.24 Å². The van der Waals surface area contributed by atoms with Crippen LogP contribution < -0.4 is 4.90 Å². The SMILES string of the molecule is c1ccc(-c2ccc(-c3cccc(N(c4ccccc4)c4ccc5ccccc5c4)c3)cc2)cc1. The van der Waals surface area contributed by atoms with E-state index in [0.717, 1.165) is 17.1 Å². The van der Waals surface area contributed by atoms with Crippen LogP contribution in [0.5, 0.6) is 0 Å². The minimum atomic E-state index is 1.14. The maximum Gasteiger partial charge on any atom is 0.0468 e. The molecule has 0 spiro atoms. The van der Waals surface area contributed by atoms with Crippen molar-refractivity contribution in [2.24, 2.45) is 0 Å². The molecule has 0 N–H and O–H groups in total. The Morgan fingerprint density at radius 2 is 0.800 bits per heavy atom. The van der Waals surface area contributed by atoms with Crippen LogP contribution in [0.2, 0.25) is 0 Å². The van der Waals surface area contributed by atoms with Gasteiger partial charge in [-0.15, -0.1) is 0 Å². The van der Waals surface area contributed by atoms with E-state index in [4.69, 9.17) is 0 Å². The molecule has 0 atom stereocenters. The van der Waals surface area contributed by atoms with Crippen LogP contribution >= 0.6 is 0 Å². The van der Waals surface area contributed by atoms with E-state index in [-0.39, 0.29) is 0 Å². The predicted molar refractivity (Wildman–Crippen MR) is 150 cm³/mol. The first kappa shape index (κ1) is 20.9. The number of benzene rings is 6. The van der Waals surface area contributed by atoms with E-state index in [9.17, 15) is 0 Å². The molecule has 0 aliphatic rings. The highest BCUT2D eigenvalue weighted by Crippen LogP contribution is 2.37. The molecular formula is C34H25N. The fourth-order valence-electron chi connectivity index (χ4n) is 4.65. The molecule has 6 aromatic rings. The van der Waals surface area contributed by atoms with E-state index in [2.05, 4.69) is 157 Å². The molecule has 0 aliphatic heterocycles. The van der Waals surface area contributed by atoms with Gasteiger partial charge in [0.15, 0.2) is 0 Å². The van der Waals surface area contributed by atoms with Gasteiger partial charge in [0, 0.05) is 17.1 Å². The summed E-state index contributed by atoms with van der Waals surface area (Å²) < 4.78 is 0. The van der Waals surface area contributed by atoms with E-state index in [0.29, 0.717) is 0 Å². The Morgan fingerprint density at radius 3 is 1.54 bits per heavy atom. The van der Waals surface area contributed by atoms with Crippen molar-refractivity contribution in [1.82, 2.24) is 0 Å². The Morgan fingerprint density at radius 1 is 0.286 bits per heavy atom. The lowest BCUT2D eigenvalue weighted by atomic mass is 9.99. The minimum Gasteiger partial charge on any atom is -0.310 e. The number of hydrogen-bond donors (Lipinski definition) is 0. The van der Waals surface area contributed by atoms with Gasteiger partial charge in [-0.25, -0.2) is 0 Å². The number of rotatable bonds is 5. The van der Waals surface area contributed by atoms with E-state index in [1.54, 1.807) is 0 Å². The molecule has 0 bridgehead atoms. The molecule has 0 amide bonds. The Labute approximate surface area is 206 Å². The lowest BCUT2D eigenvalue weighted by molar-refractivity contribution is 1.29. The van der Waals surface area contributed by atoms with Crippen LogP contribution in [-0.4, -0.2) is 0 Å². The standard InChI is InChI=1S/C34H25N/c1-3-10-26(11-4-1)28-18-20-29(21-19-28)31-14-9-17-33(24-31)35(32-15-5-2-6-16-32)34-23-22-27-12-7-8-13-30(27)25-34/h1-25H. The zero-order valence-electron chi connectivity index (χ0n) is 19.4. The molecule has 6 aromatic carbocycles. The first-order valence-corrected chi connectivity index (χ1v) is 12.0. The molecule has 0 saturated carbocycles. The molecular weight excluding hydrogens is 422 g/mol. The summed E-state index contributed by atoms with van der Waals surface area (Å²) in [6.45, 7) is 0. The third-order valence-corrected chi connectivity index (χ3v) is 6.44. The number of fused-ring (bicyclic) bond motifs is 1. The number of para-hydroxylation sites is 1. The third kappa shape index (κ3) is 4.32. The van der Waals surface area contributed by atoms with E-state index >= 15 is 0 Å². The van der Waals surface area contributed by atoms with E-state index < -0.39 is 0 Å². The van der Waals surface area contributed by atoms with Crippen molar-refractivity contribution in [3.8, 4) is 22.3 Å². The van der Waals surface area contributed by atoms with Crippen molar-refractivity contribution in [3.05, 3.63) is 152 Å². The number of anilines is 3. The van der Waals surface area contributed by atoms with Crippen molar-refractivity contribution in [1.29, 1.82) is 0 Å². The van der Waals surface area contributed by atoms with Gasteiger partial charge in [0.05, 0.1) is 0 Å². The highest BCUT2D eigenvalue weighted by Gasteiger charge is 2.13. The summed E-state index contributed by atoms with van der Waals surface area (Å²) in [5, 5.41) is 2.48. The van der Waals surface area contributed by atoms with Crippen LogP contribution in [-0.2, 0) is 0 Å². The van der Waals surface area contributed by atoms with Gasteiger partial charge >= 0.3 is 0 Å². The van der Waals surface area contributed by atoms with Crippen LogP contribution in [0.15, 0.2) is 152 Å². The molecule has 0 fully saturated rings. The summed E-state index contributed by atoms with van der Waals surface area (Å²) >= 11 is 0. The summed E-state index contributed by atoms with van der Waals surface area (Å²) in [4.78, 5) is 2.33. The normalized spacial score (nSPS) is 10.9. The summed E-state index contributed by atoms with van der Waals surface area (Å²) in [6.07, 6.45) is 0. The molecule has 0 saturated heterocycles. The van der Waals surface area contributed by atoms with Gasteiger partial charge in [-0.2, -0.15) is 0 Å². The fraction of sp³-hybridized carbons (Fsp3) is 0. The van der Waals surface area contributed by atoms with Gasteiger partial charge in [-0.05, 0) is 69.4 Å². The Bertz CT molecular complexity index is 1570. The van der Waals surface area contributed by atoms with Gasteiger partial charge in [-0.1, -0.05) is 115 Å².